The van der Waals surface area contributed by atoms with Crippen molar-refractivity contribution in [3.63, 3.8) is 0 Å². The molecule has 0 amide bonds. The van der Waals surface area contributed by atoms with Crippen LogP contribution in [0.1, 0.15) is 12.0 Å². The topological polar surface area (TPSA) is 50.5 Å². The van der Waals surface area contributed by atoms with E-state index in [1.165, 1.54) is 10.6 Å². The highest BCUT2D eigenvalue weighted by molar-refractivity contribution is 7.92. The van der Waals surface area contributed by atoms with Crippen LogP contribution in [0.25, 0.3) is 11.3 Å². The lowest BCUT2D eigenvalue weighted by Crippen LogP contribution is -2.34. The second-order valence-corrected chi connectivity index (χ2v) is 6.67. The van der Waals surface area contributed by atoms with E-state index in [2.05, 4.69) is 0 Å². The lowest BCUT2D eigenvalue weighted by Gasteiger charge is -2.29. The van der Waals surface area contributed by atoms with Crippen LogP contribution in [0, 0.1) is 0 Å². The highest BCUT2D eigenvalue weighted by Gasteiger charge is 2.24. The molecule has 1 aromatic carbocycles. The van der Waals surface area contributed by atoms with E-state index in [0.29, 0.717) is 6.54 Å². The molecule has 0 radical (unpaired) electrons. The van der Waals surface area contributed by atoms with Crippen molar-refractivity contribution < 1.29 is 12.8 Å². The second-order valence-electron chi connectivity index (χ2n) is 4.76. The second kappa shape index (κ2) is 4.42. The zero-order valence-electron chi connectivity index (χ0n) is 10.7. The highest BCUT2D eigenvalue weighted by atomic mass is 32.2. The van der Waals surface area contributed by atoms with Gasteiger partial charge in [0.25, 0.3) is 0 Å². The molecule has 5 heteroatoms. The monoisotopic (exact) mass is 277 g/mol. The molecular weight excluding hydrogens is 262 g/mol. The van der Waals surface area contributed by atoms with Crippen LogP contribution in [-0.4, -0.2) is 21.2 Å². The average molecular weight is 277 g/mol. The third-order valence-corrected chi connectivity index (χ3v) is 4.55. The fourth-order valence-electron chi connectivity index (χ4n) is 2.48. The van der Waals surface area contributed by atoms with Gasteiger partial charge in [-0.25, -0.2) is 8.42 Å². The van der Waals surface area contributed by atoms with E-state index in [0.717, 1.165) is 35.4 Å². The minimum absolute atomic E-state index is 0.549. The Morgan fingerprint density at radius 1 is 1.26 bits per heavy atom. The van der Waals surface area contributed by atoms with Gasteiger partial charge in [0.15, 0.2) is 0 Å². The molecular formula is C14H15NO3S. The van der Waals surface area contributed by atoms with Gasteiger partial charge in [-0.3, -0.25) is 4.31 Å². The number of aryl methyl sites for hydroxylation is 1. The zero-order valence-corrected chi connectivity index (χ0v) is 11.5. The summed E-state index contributed by atoms with van der Waals surface area (Å²) in [5.74, 6) is 0.752. The van der Waals surface area contributed by atoms with Crippen LogP contribution in [-0.2, 0) is 16.4 Å². The number of fused-ring (bicyclic) bond motifs is 1. The van der Waals surface area contributed by atoms with Gasteiger partial charge in [0, 0.05) is 12.1 Å². The zero-order chi connectivity index (χ0) is 13.5. The molecule has 4 nitrogen and oxygen atoms in total. The molecule has 2 aromatic rings. The summed E-state index contributed by atoms with van der Waals surface area (Å²) in [7, 11) is -3.22. The van der Waals surface area contributed by atoms with Gasteiger partial charge in [0.2, 0.25) is 10.0 Å². The molecule has 0 unspecified atom stereocenters. The summed E-state index contributed by atoms with van der Waals surface area (Å²) in [4.78, 5) is 0. The molecule has 0 spiro atoms. The van der Waals surface area contributed by atoms with E-state index in [1.807, 2.05) is 30.3 Å². The first-order valence-electron chi connectivity index (χ1n) is 6.20. The maximum absolute atomic E-state index is 11.8. The summed E-state index contributed by atoms with van der Waals surface area (Å²) in [6.07, 6.45) is 4.64. The quantitative estimate of drug-likeness (QED) is 0.848. The summed E-state index contributed by atoms with van der Waals surface area (Å²) >= 11 is 0. The van der Waals surface area contributed by atoms with Gasteiger partial charge in [-0.15, -0.1) is 0 Å². The van der Waals surface area contributed by atoms with Crippen molar-refractivity contribution in [1.29, 1.82) is 0 Å². The summed E-state index contributed by atoms with van der Waals surface area (Å²) in [5.41, 5.74) is 2.76. The molecule has 0 atom stereocenters. The van der Waals surface area contributed by atoms with Crippen molar-refractivity contribution in [2.45, 2.75) is 12.8 Å². The van der Waals surface area contributed by atoms with Crippen molar-refractivity contribution in [1.82, 2.24) is 0 Å². The lowest BCUT2D eigenvalue weighted by atomic mass is 10.0. The van der Waals surface area contributed by atoms with Gasteiger partial charge in [-0.05, 0) is 36.6 Å². The van der Waals surface area contributed by atoms with Gasteiger partial charge in [0.1, 0.15) is 5.76 Å². The minimum atomic E-state index is -3.22. The number of furan rings is 1. The molecule has 0 bridgehead atoms. The molecule has 0 saturated heterocycles. The molecule has 0 N–H and O–H groups in total. The van der Waals surface area contributed by atoms with E-state index in [9.17, 15) is 8.42 Å². The Kier molecular flexibility index (Phi) is 2.86. The third kappa shape index (κ3) is 2.26. The molecule has 1 aliphatic heterocycles. The maximum atomic E-state index is 11.8. The largest absolute Gasteiger partial charge is 0.464 e. The molecule has 0 fully saturated rings. The fraction of sp³-hybridized carbons (Fsp3) is 0.286. The highest BCUT2D eigenvalue weighted by Crippen LogP contribution is 2.33. The van der Waals surface area contributed by atoms with Gasteiger partial charge in [0.05, 0.1) is 18.2 Å². The number of hydrogen-bond acceptors (Lipinski definition) is 3. The van der Waals surface area contributed by atoms with E-state index in [4.69, 9.17) is 4.42 Å². The van der Waals surface area contributed by atoms with Crippen LogP contribution >= 0.6 is 0 Å². The minimum Gasteiger partial charge on any atom is -0.464 e. The molecule has 0 saturated carbocycles. The van der Waals surface area contributed by atoms with E-state index >= 15 is 0 Å². The fourth-order valence-corrected chi connectivity index (χ4v) is 3.47. The van der Waals surface area contributed by atoms with Gasteiger partial charge < -0.3 is 4.42 Å². The van der Waals surface area contributed by atoms with Crippen molar-refractivity contribution in [3.8, 4) is 11.3 Å². The van der Waals surface area contributed by atoms with Gasteiger partial charge >= 0.3 is 0 Å². The number of sulfonamides is 1. The Morgan fingerprint density at radius 3 is 2.79 bits per heavy atom. The van der Waals surface area contributed by atoms with Crippen LogP contribution in [0.4, 0.5) is 5.69 Å². The number of rotatable bonds is 2. The Labute approximate surface area is 112 Å². The Morgan fingerprint density at radius 2 is 2.11 bits per heavy atom. The normalized spacial score (nSPS) is 15.3. The number of hydrogen-bond donors (Lipinski definition) is 0. The van der Waals surface area contributed by atoms with Crippen molar-refractivity contribution >= 4 is 15.7 Å². The Balaban J connectivity index is 2.12. The Hall–Kier alpha value is -1.75. The van der Waals surface area contributed by atoms with Gasteiger partial charge in [-0.1, -0.05) is 12.1 Å². The molecule has 2 heterocycles. The van der Waals surface area contributed by atoms with Crippen molar-refractivity contribution in [2.24, 2.45) is 0 Å². The summed E-state index contributed by atoms with van der Waals surface area (Å²) < 4.78 is 30.5. The first kappa shape index (κ1) is 12.3. The third-order valence-electron chi connectivity index (χ3n) is 3.37. The summed E-state index contributed by atoms with van der Waals surface area (Å²) in [5, 5.41) is 0. The van der Waals surface area contributed by atoms with Crippen molar-refractivity contribution in [3.05, 3.63) is 42.2 Å². The predicted molar refractivity (Wildman–Crippen MR) is 74.7 cm³/mol. The number of anilines is 1. The summed E-state index contributed by atoms with van der Waals surface area (Å²) in [6, 6.07) is 9.56. The van der Waals surface area contributed by atoms with E-state index < -0.39 is 10.0 Å². The SMILES string of the molecule is CS(=O)(=O)N1CCCc2ccc(-c3ccco3)cc21. The van der Waals surface area contributed by atoms with Crippen LogP contribution in [0.2, 0.25) is 0 Å². The van der Waals surface area contributed by atoms with Gasteiger partial charge in [-0.2, -0.15) is 0 Å². The van der Waals surface area contributed by atoms with Crippen molar-refractivity contribution in [2.75, 3.05) is 17.1 Å². The molecule has 19 heavy (non-hydrogen) atoms. The molecule has 1 aromatic heterocycles. The standard InChI is InChI=1S/C14H15NO3S/c1-19(16,17)15-8-2-4-11-6-7-12(10-13(11)15)14-5-3-9-18-14/h3,5-7,9-10H,2,4,8H2,1H3. The first-order valence-corrected chi connectivity index (χ1v) is 8.05. The molecule has 3 rings (SSSR count). The molecule has 1 aliphatic rings. The Bertz CT molecular complexity index is 689. The van der Waals surface area contributed by atoms with E-state index in [1.54, 1.807) is 6.26 Å². The number of benzene rings is 1. The van der Waals surface area contributed by atoms with Crippen LogP contribution in [0.15, 0.2) is 41.0 Å². The smallest absolute Gasteiger partial charge is 0.232 e. The predicted octanol–water partition coefficient (Wildman–Crippen LogP) is 2.66. The number of nitrogens with zero attached hydrogens (tertiary/aromatic N) is 1. The average Bonchev–Trinajstić information content (AvgIpc) is 2.90. The lowest BCUT2D eigenvalue weighted by molar-refractivity contribution is 0.581. The van der Waals surface area contributed by atoms with Crippen LogP contribution in [0.5, 0.6) is 0 Å². The molecule has 100 valence electrons. The van der Waals surface area contributed by atoms with Crippen LogP contribution < -0.4 is 4.31 Å². The summed E-state index contributed by atoms with van der Waals surface area (Å²) in [6.45, 7) is 0.549. The van der Waals surface area contributed by atoms with Crippen LogP contribution in [0.3, 0.4) is 0 Å². The van der Waals surface area contributed by atoms with E-state index in [-0.39, 0.29) is 0 Å². The maximum Gasteiger partial charge on any atom is 0.232 e. The molecule has 0 aliphatic carbocycles. The first-order chi connectivity index (χ1) is 9.05.